The van der Waals surface area contributed by atoms with Crippen molar-refractivity contribution in [3.8, 4) is 22.4 Å². The van der Waals surface area contributed by atoms with Crippen molar-refractivity contribution in [1.29, 1.82) is 0 Å². The minimum absolute atomic E-state index is 0.698. The fraction of sp³-hybridized carbons (Fsp3) is 0.0556. The number of hydrogen-bond donors (Lipinski definition) is 0. The van der Waals surface area contributed by atoms with Gasteiger partial charge < -0.3 is 0 Å². The van der Waals surface area contributed by atoms with Gasteiger partial charge in [0.1, 0.15) is 6.33 Å². The van der Waals surface area contributed by atoms with Crippen LogP contribution in [0.3, 0.4) is 0 Å². The minimum atomic E-state index is 0.698. The molecule has 4 rings (SSSR count). The molecule has 4 aromatic rings. The molecule has 3 heterocycles. The van der Waals surface area contributed by atoms with Crippen molar-refractivity contribution in [2.24, 2.45) is 0 Å². The van der Waals surface area contributed by atoms with Gasteiger partial charge in [0.2, 0.25) is 0 Å². The molecule has 0 spiro atoms. The van der Waals surface area contributed by atoms with Gasteiger partial charge in [0.15, 0.2) is 5.65 Å². The lowest BCUT2D eigenvalue weighted by Gasteiger charge is -2.11. The number of fused-ring (bicyclic) bond motifs is 1. The molecule has 0 bridgehead atoms. The highest BCUT2D eigenvalue weighted by atomic mass is 35.5. The molecule has 3 aromatic heterocycles. The highest BCUT2D eigenvalue weighted by Gasteiger charge is 2.11. The average molecular weight is 321 g/mol. The Morgan fingerprint density at radius 1 is 1.00 bits per heavy atom. The molecule has 0 aliphatic heterocycles. The molecule has 0 amide bonds. The van der Waals surface area contributed by atoms with E-state index in [4.69, 9.17) is 11.6 Å². The van der Waals surface area contributed by atoms with Gasteiger partial charge in [0, 0.05) is 28.5 Å². The number of hydrogen-bond acceptors (Lipinski definition) is 3. The summed E-state index contributed by atoms with van der Waals surface area (Å²) in [6, 6.07) is 13.9. The topological polar surface area (TPSA) is 43.1 Å². The molecule has 0 unspecified atom stereocenters. The van der Waals surface area contributed by atoms with Crippen molar-refractivity contribution in [3.63, 3.8) is 0 Å². The quantitative estimate of drug-likeness (QED) is 0.549. The van der Waals surface area contributed by atoms with Crippen molar-refractivity contribution in [3.05, 3.63) is 71.8 Å². The van der Waals surface area contributed by atoms with Gasteiger partial charge in [-0.05, 0) is 48.4 Å². The monoisotopic (exact) mass is 320 g/mol. The van der Waals surface area contributed by atoms with Crippen molar-refractivity contribution in [1.82, 2.24) is 19.6 Å². The van der Waals surface area contributed by atoms with Crippen molar-refractivity contribution >= 4 is 17.2 Å². The number of nitrogens with zero attached hydrogens (tertiary/aromatic N) is 4. The van der Waals surface area contributed by atoms with Crippen LogP contribution >= 0.6 is 11.6 Å². The number of rotatable bonds is 2. The van der Waals surface area contributed by atoms with E-state index in [0.717, 1.165) is 33.6 Å². The number of aryl methyl sites for hydroxylation is 1. The smallest absolute Gasteiger partial charge is 0.155 e. The average Bonchev–Trinajstić information content (AvgIpc) is 3.02. The lowest BCUT2D eigenvalue weighted by atomic mass is 9.99. The summed E-state index contributed by atoms with van der Waals surface area (Å²) >= 11 is 6.14. The Morgan fingerprint density at radius 2 is 1.91 bits per heavy atom. The largest absolute Gasteiger partial charge is 0.255 e. The summed E-state index contributed by atoms with van der Waals surface area (Å²) in [5.74, 6) is 0. The van der Waals surface area contributed by atoms with E-state index >= 15 is 0 Å². The third-order valence-electron chi connectivity index (χ3n) is 3.71. The molecule has 0 aliphatic rings. The molecule has 0 N–H and O–H groups in total. The van der Waals surface area contributed by atoms with Crippen molar-refractivity contribution < 1.29 is 0 Å². The molecule has 0 saturated carbocycles. The molecule has 23 heavy (non-hydrogen) atoms. The van der Waals surface area contributed by atoms with Crippen LogP contribution in [0.5, 0.6) is 0 Å². The minimum Gasteiger partial charge on any atom is -0.255 e. The van der Waals surface area contributed by atoms with Gasteiger partial charge in [0.25, 0.3) is 0 Å². The van der Waals surface area contributed by atoms with Crippen molar-refractivity contribution in [2.75, 3.05) is 0 Å². The molecular weight excluding hydrogens is 308 g/mol. The molecule has 4 nitrogen and oxygen atoms in total. The van der Waals surface area contributed by atoms with Gasteiger partial charge in [-0.15, -0.1) is 0 Å². The predicted octanol–water partition coefficient (Wildman–Crippen LogP) is 4.42. The number of aromatic nitrogens is 4. The van der Waals surface area contributed by atoms with E-state index in [1.807, 2.05) is 55.7 Å². The Hall–Kier alpha value is -2.72. The zero-order valence-corrected chi connectivity index (χ0v) is 13.2. The third kappa shape index (κ3) is 2.58. The van der Waals surface area contributed by atoms with Crippen LogP contribution in [0.1, 0.15) is 5.56 Å². The van der Waals surface area contributed by atoms with Gasteiger partial charge in [-0.1, -0.05) is 23.7 Å². The number of pyridine rings is 2. The van der Waals surface area contributed by atoms with Crippen LogP contribution < -0.4 is 0 Å². The maximum absolute atomic E-state index is 6.14. The maximum atomic E-state index is 6.14. The van der Waals surface area contributed by atoms with Gasteiger partial charge in [-0.2, -0.15) is 5.10 Å². The molecule has 112 valence electrons. The third-order valence-corrected chi connectivity index (χ3v) is 3.95. The number of halogens is 1. The van der Waals surface area contributed by atoms with E-state index in [1.165, 1.54) is 0 Å². The van der Waals surface area contributed by atoms with Crippen LogP contribution in [0, 0.1) is 6.92 Å². The van der Waals surface area contributed by atoms with Crippen molar-refractivity contribution in [2.45, 2.75) is 6.92 Å². The maximum Gasteiger partial charge on any atom is 0.155 e. The first-order chi connectivity index (χ1) is 11.2. The van der Waals surface area contributed by atoms with Crippen LogP contribution in [0.15, 0.2) is 61.2 Å². The molecule has 0 aliphatic carbocycles. The Kier molecular flexibility index (Phi) is 3.32. The summed E-state index contributed by atoms with van der Waals surface area (Å²) in [7, 11) is 0. The second-order valence-corrected chi connectivity index (χ2v) is 5.83. The summed E-state index contributed by atoms with van der Waals surface area (Å²) in [6.07, 6.45) is 5.32. The standard InChI is InChI=1S/C18H13ClN4/c1-12-7-16(13-5-6-23-17(9-13)21-11-22-23)18(20-10-12)14-3-2-4-15(19)8-14/h2-11H,1H3. The second-order valence-electron chi connectivity index (χ2n) is 5.40. The van der Waals surface area contributed by atoms with Gasteiger partial charge in [-0.25, -0.2) is 9.50 Å². The molecule has 0 fully saturated rings. The number of benzene rings is 1. The van der Waals surface area contributed by atoms with E-state index in [-0.39, 0.29) is 0 Å². The lowest BCUT2D eigenvalue weighted by Crippen LogP contribution is -1.93. The highest BCUT2D eigenvalue weighted by molar-refractivity contribution is 6.30. The molecular formula is C18H13ClN4. The highest BCUT2D eigenvalue weighted by Crippen LogP contribution is 2.32. The Bertz CT molecular complexity index is 1010. The fourth-order valence-electron chi connectivity index (χ4n) is 2.64. The van der Waals surface area contributed by atoms with Gasteiger partial charge in [-0.3, -0.25) is 4.98 Å². The van der Waals surface area contributed by atoms with Crippen LogP contribution in [0.2, 0.25) is 5.02 Å². The molecule has 1 aromatic carbocycles. The first-order valence-corrected chi connectivity index (χ1v) is 7.61. The van der Waals surface area contributed by atoms with E-state index in [9.17, 15) is 0 Å². The summed E-state index contributed by atoms with van der Waals surface area (Å²) in [5.41, 5.74) is 5.92. The molecule has 0 radical (unpaired) electrons. The van der Waals surface area contributed by atoms with E-state index in [2.05, 4.69) is 21.1 Å². The molecule has 5 heteroatoms. The Labute approximate surface area is 138 Å². The molecule has 0 atom stereocenters. The first kappa shape index (κ1) is 13.9. The first-order valence-electron chi connectivity index (χ1n) is 7.23. The fourth-order valence-corrected chi connectivity index (χ4v) is 2.83. The second kappa shape index (κ2) is 5.48. The van der Waals surface area contributed by atoms with Crippen LogP contribution in [0.4, 0.5) is 0 Å². The van der Waals surface area contributed by atoms with Gasteiger partial charge >= 0.3 is 0 Å². The van der Waals surface area contributed by atoms with Crippen LogP contribution in [-0.2, 0) is 0 Å². The predicted molar refractivity (Wildman–Crippen MR) is 91.4 cm³/mol. The Balaban J connectivity index is 1.95. The van der Waals surface area contributed by atoms with E-state index < -0.39 is 0 Å². The van der Waals surface area contributed by atoms with Crippen LogP contribution in [-0.4, -0.2) is 19.6 Å². The molecule has 0 saturated heterocycles. The lowest BCUT2D eigenvalue weighted by molar-refractivity contribution is 0.962. The summed E-state index contributed by atoms with van der Waals surface area (Å²) in [4.78, 5) is 8.89. The Morgan fingerprint density at radius 3 is 2.78 bits per heavy atom. The van der Waals surface area contributed by atoms with E-state index in [0.29, 0.717) is 5.02 Å². The SMILES string of the molecule is Cc1cnc(-c2cccc(Cl)c2)c(-c2ccn3ncnc3c2)c1. The normalized spacial score (nSPS) is 11.0. The summed E-state index contributed by atoms with van der Waals surface area (Å²) < 4.78 is 1.74. The summed E-state index contributed by atoms with van der Waals surface area (Å²) in [6.45, 7) is 2.04. The summed E-state index contributed by atoms with van der Waals surface area (Å²) in [5, 5.41) is 4.83. The van der Waals surface area contributed by atoms with Crippen LogP contribution in [0.25, 0.3) is 28.0 Å². The van der Waals surface area contributed by atoms with E-state index in [1.54, 1.807) is 10.8 Å². The zero-order chi connectivity index (χ0) is 15.8. The van der Waals surface area contributed by atoms with Gasteiger partial charge in [0.05, 0.1) is 5.69 Å². The zero-order valence-electron chi connectivity index (χ0n) is 12.4.